The summed E-state index contributed by atoms with van der Waals surface area (Å²) in [7, 11) is 0. The monoisotopic (exact) mass is 372 g/mol. The van der Waals surface area contributed by atoms with Gasteiger partial charge in [-0.1, -0.05) is 12.1 Å². The molecule has 1 N–H and O–H groups in total. The number of likely N-dealkylation sites (tertiary alicyclic amines) is 1. The second-order valence-corrected chi connectivity index (χ2v) is 7.26. The molecule has 0 spiro atoms. The molecule has 2 amide bonds. The van der Waals surface area contributed by atoms with Crippen molar-refractivity contribution in [1.29, 1.82) is 0 Å². The average molecular weight is 372 g/mol. The van der Waals surface area contributed by atoms with Gasteiger partial charge < -0.3 is 19.7 Å². The van der Waals surface area contributed by atoms with Crippen LogP contribution in [0.3, 0.4) is 0 Å². The molecule has 2 aliphatic rings. The first-order valence-electron chi connectivity index (χ1n) is 8.73. The molecule has 7 heteroatoms. The first kappa shape index (κ1) is 16.9. The van der Waals surface area contributed by atoms with Crippen LogP contribution < -0.4 is 14.8 Å². The van der Waals surface area contributed by atoms with Crippen LogP contribution in [0, 0.1) is 0 Å². The van der Waals surface area contributed by atoms with Crippen molar-refractivity contribution in [2.45, 2.75) is 18.9 Å². The summed E-state index contributed by atoms with van der Waals surface area (Å²) in [5.41, 5.74) is 1.05. The molecule has 0 bridgehead atoms. The lowest BCUT2D eigenvalue weighted by Gasteiger charge is -2.27. The molecule has 1 fully saturated rings. The minimum atomic E-state index is -0.205. The topological polar surface area (TPSA) is 67.9 Å². The molecule has 1 aromatic carbocycles. The van der Waals surface area contributed by atoms with Crippen LogP contribution in [0.25, 0.3) is 0 Å². The third-order valence-corrected chi connectivity index (χ3v) is 5.54. The van der Waals surface area contributed by atoms with Crippen LogP contribution in [0.4, 0.5) is 0 Å². The zero-order valence-corrected chi connectivity index (χ0v) is 15.1. The lowest BCUT2D eigenvalue weighted by Crippen LogP contribution is -2.39. The molecule has 26 heavy (non-hydrogen) atoms. The van der Waals surface area contributed by atoms with E-state index in [0.717, 1.165) is 29.9 Å². The van der Waals surface area contributed by atoms with Crippen molar-refractivity contribution in [2.24, 2.45) is 0 Å². The summed E-state index contributed by atoms with van der Waals surface area (Å²) in [4.78, 5) is 27.1. The van der Waals surface area contributed by atoms with E-state index in [4.69, 9.17) is 9.47 Å². The molecule has 4 rings (SSSR count). The number of thiophene rings is 1. The van der Waals surface area contributed by atoms with Gasteiger partial charge in [-0.05, 0) is 42.0 Å². The van der Waals surface area contributed by atoms with Crippen LogP contribution in [0.1, 0.15) is 34.1 Å². The van der Waals surface area contributed by atoms with Crippen molar-refractivity contribution in [3.8, 4) is 11.5 Å². The third kappa shape index (κ3) is 3.39. The van der Waals surface area contributed by atoms with Crippen LogP contribution in [-0.2, 0) is 4.79 Å². The predicted octanol–water partition coefficient (Wildman–Crippen LogP) is 2.61. The average Bonchev–Trinajstić information content (AvgIpc) is 3.37. The molecule has 0 radical (unpaired) electrons. The number of hydrogen-bond acceptors (Lipinski definition) is 5. The van der Waals surface area contributed by atoms with Gasteiger partial charge in [0.2, 0.25) is 5.91 Å². The van der Waals surface area contributed by atoms with Gasteiger partial charge in [-0.25, -0.2) is 0 Å². The molecule has 1 saturated heterocycles. The molecule has 2 aliphatic heterocycles. The Kier molecular flexibility index (Phi) is 4.79. The van der Waals surface area contributed by atoms with E-state index in [9.17, 15) is 9.59 Å². The molecule has 3 heterocycles. The number of ether oxygens (including phenoxy) is 2. The Labute approximate surface area is 155 Å². The van der Waals surface area contributed by atoms with Crippen LogP contribution >= 0.6 is 11.3 Å². The molecule has 2 aromatic rings. The fourth-order valence-electron chi connectivity index (χ4n) is 3.43. The highest BCUT2D eigenvalue weighted by molar-refractivity contribution is 7.12. The number of benzene rings is 1. The quantitative estimate of drug-likeness (QED) is 0.896. The highest BCUT2D eigenvalue weighted by Crippen LogP contribution is 2.38. The zero-order chi connectivity index (χ0) is 17.9. The highest BCUT2D eigenvalue weighted by atomic mass is 32.1. The summed E-state index contributed by atoms with van der Waals surface area (Å²) in [5, 5.41) is 4.56. The van der Waals surface area contributed by atoms with Crippen LogP contribution in [0.15, 0.2) is 35.7 Å². The Hall–Kier alpha value is -2.54. The number of rotatable bonds is 4. The number of nitrogens with one attached hydrogen (secondary N) is 1. The smallest absolute Gasteiger partial charge is 0.261 e. The highest BCUT2D eigenvalue weighted by Gasteiger charge is 2.31. The first-order valence-corrected chi connectivity index (χ1v) is 9.61. The van der Waals surface area contributed by atoms with E-state index >= 15 is 0 Å². The molecular formula is C19H20N2O4S. The van der Waals surface area contributed by atoms with Gasteiger partial charge in [0.1, 0.15) is 13.2 Å². The third-order valence-electron chi connectivity index (χ3n) is 4.67. The Morgan fingerprint density at radius 3 is 2.85 bits per heavy atom. The number of carbonyl (C=O) groups is 2. The first-order chi connectivity index (χ1) is 12.7. The Morgan fingerprint density at radius 1 is 1.19 bits per heavy atom. The van der Waals surface area contributed by atoms with Crippen molar-refractivity contribution in [1.82, 2.24) is 10.2 Å². The predicted molar refractivity (Wildman–Crippen MR) is 97.8 cm³/mol. The lowest BCUT2D eigenvalue weighted by atomic mass is 10.0. The van der Waals surface area contributed by atoms with E-state index < -0.39 is 0 Å². The molecule has 6 nitrogen and oxygen atoms in total. The standard InChI is InChI=1S/C19H20N2O4S/c22-18(12-20-19(23)17-4-2-10-26-17)21-7-1-3-14(21)13-5-6-15-16(11-13)25-9-8-24-15/h2,4-6,10-11,14H,1,3,7-9,12H2,(H,20,23)/t14-/m1/s1. The SMILES string of the molecule is O=C(NCC(=O)N1CCC[C@@H]1c1ccc2c(c1)OCCO2)c1cccs1. The lowest BCUT2D eigenvalue weighted by molar-refractivity contribution is -0.131. The van der Waals surface area contributed by atoms with Crippen molar-refractivity contribution in [2.75, 3.05) is 26.3 Å². The van der Waals surface area contributed by atoms with Crippen molar-refractivity contribution in [3.63, 3.8) is 0 Å². The largest absolute Gasteiger partial charge is 0.486 e. The van der Waals surface area contributed by atoms with E-state index in [0.29, 0.717) is 24.6 Å². The van der Waals surface area contributed by atoms with Crippen molar-refractivity contribution in [3.05, 3.63) is 46.2 Å². The maximum absolute atomic E-state index is 12.7. The van der Waals surface area contributed by atoms with E-state index in [-0.39, 0.29) is 24.4 Å². The number of fused-ring (bicyclic) bond motifs is 1. The number of hydrogen-bond donors (Lipinski definition) is 1. The number of amides is 2. The number of nitrogens with zero attached hydrogens (tertiary/aromatic N) is 1. The van der Waals surface area contributed by atoms with Gasteiger partial charge in [0.05, 0.1) is 17.5 Å². The van der Waals surface area contributed by atoms with Gasteiger partial charge >= 0.3 is 0 Å². The maximum Gasteiger partial charge on any atom is 0.261 e. The fraction of sp³-hybridized carbons (Fsp3) is 0.368. The Bertz CT molecular complexity index is 806. The Balaban J connectivity index is 1.43. The summed E-state index contributed by atoms with van der Waals surface area (Å²) in [6, 6.07) is 9.45. The van der Waals surface area contributed by atoms with Gasteiger partial charge in [-0.2, -0.15) is 0 Å². The minimum absolute atomic E-state index is 0.0111. The summed E-state index contributed by atoms with van der Waals surface area (Å²) >= 11 is 1.36. The molecule has 0 unspecified atom stereocenters. The molecule has 0 aliphatic carbocycles. The van der Waals surface area contributed by atoms with Gasteiger partial charge in [-0.15, -0.1) is 11.3 Å². The molecular weight excluding hydrogens is 352 g/mol. The van der Waals surface area contributed by atoms with Gasteiger partial charge in [0.15, 0.2) is 11.5 Å². The van der Waals surface area contributed by atoms with Crippen LogP contribution in [0.2, 0.25) is 0 Å². The Morgan fingerprint density at radius 2 is 2.04 bits per heavy atom. The summed E-state index contributed by atoms with van der Waals surface area (Å²) in [6.45, 7) is 1.81. The summed E-state index contributed by atoms with van der Waals surface area (Å²) < 4.78 is 11.2. The molecule has 1 aromatic heterocycles. The van der Waals surface area contributed by atoms with Crippen molar-refractivity contribution < 1.29 is 19.1 Å². The second kappa shape index (κ2) is 7.37. The fourth-order valence-corrected chi connectivity index (χ4v) is 4.07. The van der Waals surface area contributed by atoms with E-state index in [2.05, 4.69) is 5.32 Å². The van der Waals surface area contributed by atoms with Gasteiger partial charge in [-0.3, -0.25) is 9.59 Å². The minimum Gasteiger partial charge on any atom is -0.486 e. The summed E-state index contributed by atoms with van der Waals surface area (Å²) in [5.74, 6) is 1.22. The van der Waals surface area contributed by atoms with Crippen molar-refractivity contribution >= 4 is 23.2 Å². The normalized spacial score (nSPS) is 18.6. The molecule has 0 saturated carbocycles. The number of carbonyl (C=O) groups excluding carboxylic acids is 2. The maximum atomic E-state index is 12.7. The van der Waals surface area contributed by atoms with E-state index in [1.165, 1.54) is 11.3 Å². The summed E-state index contributed by atoms with van der Waals surface area (Å²) in [6.07, 6.45) is 1.86. The molecule has 1 atom stereocenters. The second-order valence-electron chi connectivity index (χ2n) is 6.31. The zero-order valence-electron chi connectivity index (χ0n) is 14.3. The van der Waals surface area contributed by atoms with Crippen LogP contribution in [0.5, 0.6) is 11.5 Å². The van der Waals surface area contributed by atoms with E-state index in [1.54, 1.807) is 6.07 Å². The van der Waals surface area contributed by atoms with Crippen LogP contribution in [-0.4, -0.2) is 43.0 Å². The van der Waals surface area contributed by atoms with E-state index in [1.807, 2.05) is 34.5 Å². The van der Waals surface area contributed by atoms with Gasteiger partial charge in [0, 0.05) is 6.54 Å². The van der Waals surface area contributed by atoms with Gasteiger partial charge in [0.25, 0.3) is 5.91 Å². The molecule has 136 valence electrons.